The van der Waals surface area contributed by atoms with Crippen molar-refractivity contribution in [3.8, 4) is 0 Å². The molecular formula is C16H19NO3. The van der Waals surface area contributed by atoms with E-state index in [0.717, 1.165) is 17.7 Å². The number of furan rings is 1. The van der Waals surface area contributed by atoms with E-state index in [9.17, 15) is 4.79 Å². The van der Waals surface area contributed by atoms with E-state index in [2.05, 4.69) is 5.32 Å². The minimum absolute atomic E-state index is 0.0453. The molecule has 0 aliphatic carbocycles. The van der Waals surface area contributed by atoms with Crippen LogP contribution >= 0.6 is 0 Å². The van der Waals surface area contributed by atoms with Crippen LogP contribution in [0.4, 0.5) is 0 Å². The number of carbonyl (C=O) groups excluding carboxylic acids is 1. The fraction of sp³-hybridized carbons (Fsp3) is 0.312. The smallest absolute Gasteiger partial charge is 0.251 e. The molecule has 1 aromatic heterocycles. The summed E-state index contributed by atoms with van der Waals surface area (Å²) in [6, 6.07) is 11.2. The third kappa shape index (κ3) is 4.55. The lowest BCUT2D eigenvalue weighted by Crippen LogP contribution is -2.25. The van der Waals surface area contributed by atoms with Crippen molar-refractivity contribution in [2.24, 2.45) is 0 Å². The Morgan fingerprint density at radius 3 is 2.75 bits per heavy atom. The van der Waals surface area contributed by atoms with Crippen LogP contribution in [0, 0.1) is 6.92 Å². The molecule has 0 spiro atoms. The molecule has 0 saturated heterocycles. The van der Waals surface area contributed by atoms with Gasteiger partial charge in [0.1, 0.15) is 12.4 Å². The Hall–Kier alpha value is -2.07. The molecule has 0 saturated carbocycles. The fourth-order valence-corrected chi connectivity index (χ4v) is 1.75. The maximum absolute atomic E-state index is 11.8. The van der Waals surface area contributed by atoms with Gasteiger partial charge in [-0.15, -0.1) is 0 Å². The number of nitrogens with one attached hydrogen (secondary N) is 1. The average Bonchev–Trinajstić information content (AvgIpc) is 2.96. The summed E-state index contributed by atoms with van der Waals surface area (Å²) < 4.78 is 10.6. The van der Waals surface area contributed by atoms with E-state index >= 15 is 0 Å². The number of hydrogen-bond acceptors (Lipinski definition) is 3. The largest absolute Gasteiger partial charge is 0.467 e. The Balaban J connectivity index is 1.58. The molecule has 20 heavy (non-hydrogen) atoms. The molecule has 4 nitrogen and oxygen atoms in total. The van der Waals surface area contributed by atoms with E-state index in [4.69, 9.17) is 9.15 Å². The Bertz CT molecular complexity index is 517. The van der Waals surface area contributed by atoms with Crippen molar-refractivity contribution in [2.75, 3.05) is 13.2 Å². The lowest BCUT2D eigenvalue weighted by molar-refractivity contribution is 0.0917. The first-order valence-corrected chi connectivity index (χ1v) is 6.71. The van der Waals surface area contributed by atoms with Gasteiger partial charge in [0, 0.05) is 18.7 Å². The highest BCUT2D eigenvalue weighted by molar-refractivity contribution is 5.94. The van der Waals surface area contributed by atoms with E-state index in [-0.39, 0.29) is 5.91 Å². The summed E-state index contributed by atoms with van der Waals surface area (Å²) in [6.45, 7) is 3.66. The van der Waals surface area contributed by atoms with Gasteiger partial charge in [-0.2, -0.15) is 0 Å². The van der Waals surface area contributed by atoms with Gasteiger partial charge in [-0.25, -0.2) is 0 Å². The number of hydrogen-bond donors (Lipinski definition) is 1. The highest BCUT2D eigenvalue weighted by Crippen LogP contribution is 2.03. The lowest BCUT2D eigenvalue weighted by Gasteiger charge is -2.06. The monoisotopic (exact) mass is 273 g/mol. The molecule has 1 aromatic carbocycles. The first-order valence-electron chi connectivity index (χ1n) is 6.71. The fourth-order valence-electron chi connectivity index (χ4n) is 1.75. The number of amides is 1. The van der Waals surface area contributed by atoms with Gasteiger partial charge in [0.05, 0.1) is 6.26 Å². The van der Waals surface area contributed by atoms with Crippen molar-refractivity contribution < 1.29 is 13.9 Å². The molecule has 0 radical (unpaired) electrons. The summed E-state index contributed by atoms with van der Waals surface area (Å²) in [5.74, 6) is 0.768. The first kappa shape index (κ1) is 14.3. The molecule has 1 heterocycles. The van der Waals surface area contributed by atoms with Gasteiger partial charge in [0.15, 0.2) is 0 Å². The van der Waals surface area contributed by atoms with Gasteiger partial charge >= 0.3 is 0 Å². The maximum atomic E-state index is 11.8. The van der Waals surface area contributed by atoms with E-state index in [1.54, 1.807) is 6.26 Å². The predicted molar refractivity (Wildman–Crippen MR) is 76.5 cm³/mol. The van der Waals surface area contributed by atoms with Crippen molar-refractivity contribution in [3.05, 3.63) is 59.5 Å². The van der Waals surface area contributed by atoms with Crippen LogP contribution < -0.4 is 5.32 Å². The molecule has 2 aromatic rings. The molecule has 0 atom stereocenters. The topological polar surface area (TPSA) is 51.5 Å². The number of aryl methyl sites for hydroxylation is 1. The zero-order chi connectivity index (χ0) is 14.2. The van der Waals surface area contributed by atoms with Crippen molar-refractivity contribution >= 4 is 5.91 Å². The van der Waals surface area contributed by atoms with Gasteiger partial charge in [-0.1, -0.05) is 17.7 Å². The van der Waals surface area contributed by atoms with Gasteiger partial charge in [0.25, 0.3) is 5.91 Å². The number of rotatable bonds is 7. The zero-order valence-electron chi connectivity index (χ0n) is 11.6. The molecule has 1 amide bonds. The van der Waals surface area contributed by atoms with Crippen LogP contribution in [0.5, 0.6) is 0 Å². The molecule has 0 aliphatic heterocycles. The minimum atomic E-state index is -0.0453. The molecule has 0 bridgehead atoms. The van der Waals surface area contributed by atoms with Gasteiger partial charge in [-0.05, 0) is 37.6 Å². The van der Waals surface area contributed by atoms with Crippen LogP contribution in [0.3, 0.4) is 0 Å². The van der Waals surface area contributed by atoms with Crippen molar-refractivity contribution in [3.63, 3.8) is 0 Å². The third-order valence-electron chi connectivity index (χ3n) is 2.89. The molecular weight excluding hydrogens is 254 g/mol. The third-order valence-corrected chi connectivity index (χ3v) is 2.89. The van der Waals surface area contributed by atoms with Crippen LogP contribution in [0.15, 0.2) is 47.1 Å². The van der Waals surface area contributed by atoms with Crippen LogP contribution in [0.25, 0.3) is 0 Å². The summed E-state index contributed by atoms with van der Waals surface area (Å²) in [4.78, 5) is 11.8. The van der Waals surface area contributed by atoms with Crippen LogP contribution in [-0.4, -0.2) is 19.1 Å². The minimum Gasteiger partial charge on any atom is -0.467 e. The second-order valence-electron chi connectivity index (χ2n) is 4.61. The van der Waals surface area contributed by atoms with E-state index in [1.165, 1.54) is 0 Å². The molecule has 0 fully saturated rings. The maximum Gasteiger partial charge on any atom is 0.251 e. The van der Waals surface area contributed by atoms with Crippen LogP contribution in [0.2, 0.25) is 0 Å². The number of ether oxygens (including phenoxy) is 1. The average molecular weight is 273 g/mol. The van der Waals surface area contributed by atoms with Gasteiger partial charge in [0.2, 0.25) is 0 Å². The zero-order valence-corrected chi connectivity index (χ0v) is 11.6. The molecule has 2 rings (SSSR count). The Morgan fingerprint density at radius 2 is 2.05 bits per heavy atom. The van der Waals surface area contributed by atoms with Crippen molar-refractivity contribution in [1.82, 2.24) is 5.32 Å². The van der Waals surface area contributed by atoms with Crippen molar-refractivity contribution in [2.45, 2.75) is 20.0 Å². The molecule has 0 unspecified atom stereocenters. The van der Waals surface area contributed by atoms with Gasteiger partial charge in [-0.3, -0.25) is 4.79 Å². The number of benzene rings is 1. The quantitative estimate of drug-likeness (QED) is 0.789. The Labute approximate surface area is 118 Å². The Morgan fingerprint density at radius 1 is 1.25 bits per heavy atom. The summed E-state index contributed by atoms with van der Waals surface area (Å²) in [5, 5.41) is 2.87. The van der Waals surface area contributed by atoms with Gasteiger partial charge < -0.3 is 14.5 Å². The second-order valence-corrected chi connectivity index (χ2v) is 4.61. The van der Waals surface area contributed by atoms with E-state index in [0.29, 0.717) is 25.3 Å². The standard InChI is InChI=1S/C16H19NO3/c1-13-5-7-14(8-6-13)16(18)17-9-3-10-19-12-15-4-2-11-20-15/h2,4-8,11H,3,9-10,12H2,1H3,(H,17,18). The summed E-state index contributed by atoms with van der Waals surface area (Å²) in [6.07, 6.45) is 2.40. The summed E-state index contributed by atoms with van der Waals surface area (Å²) in [7, 11) is 0. The van der Waals surface area contributed by atoms with E-state index in [1.807, 2.05) is 43.3 Å². The highest BCUT2D eigenvalue weighted by Gasteiger charge is 2.03. The van der Waals surface area contributed by atoms with E-state index < -0.39 is 0 Å². The summed E-state index contributed by atoms with van der Waals surface area (Å²) in [5.41, 5.74) is 1.83. The van der Waals surface area contributed by atoms with Crippen molar-refractivity contribution in [1.29, 1.82) is 0 Å². The Kier molecular flexibility index (Phi) is 5.38. The highest BCUT2D eigenvalue weighted by atomic mass is 16.5. The van der Waals surface area contributed by atoms with Crippen LogP contribution in [-0.2, 0) is 11.3 Å². The lowest BCUT2D eigenvalue weighted by atomic mass is 10.1. The first-order chi connectivity index (χ1) is 9.75. The van der Waals surface area contributed by atoms with Crippen LogP contribution in [0.1, 0.15) is 28.1 Å². The normalized spacial score (nSPS) is 10.4. The predicted octanol–water partition coefficient (Wildman–Crippen LogP) is 2.92. The second kappa shape index (κ2) is 7.50. The summed E-state index contributed by atoms with van der Waals surface area (Å²) >= 11 is 0. The SMILES string of the molecule is Cc1ccc(C(=O)NCCCOCc2ccco2)cc1. The number of carbonyl (C=O) groups is 1. The molecule has 4 heteroatoms. The molecule has 106 valence electrons. The molecule has 0 aliphatic rings. The molecule has 1 N–H and O–H groups in total.